The molecular formula is C12H12F3NO5S. The molecule has 1 heterocycles. The Hall–Kier alpha value is -1.97. The summed E-state index contributed by atoms with van der Waals surface area (Å²) in [6, 6.07) is 3.33. The first-order valence-corrected chi connectivity index (χ1v) is 7.60. The lowest BCUT2D eigenvalue weighted by molar-refractivity contribution is -0.0500. The average molecular weight is 339 g/mol. The third-order valence-corrected chi connectivity index (χ3v) is 4.28. The topological polar surface area (TPSA) is 83.9 Å². The van der Waals surface area contributed by atoms with Gasteiger partial charge in [0.15, 0.2) is 0 Å². The standard InChI is InChI=1S/C12H12F3NO5S/c1-7-5-6-8-9(16(7)11(17)18)3-2-4-10(8)21-22(19,20)12(13,14)15/h2-4,7H,5-6H2,1H3,(H,17,18)/t7-/m0/s1. The minimum atomic E-state index is -5.80. The van der Waals surface area contributed by atoms with Crippen molar-refractivity contribution in [3.05, 3.63) is 23.8 Å². The van der Waals surface area contributed by atoms with Crippen LogP contribution in [0.5, 0.6) is 5.75 Å². The Bertz CT molecular complexity index is 701. The van der Waals surface area contributed by atoms with E-state index >= 15 is 0 Å². The Morgan fingerprint density at radius 2 is 2.05 bits per heavy atom. The zero-order valence-electron chi connectivity index (χ0n) is 11.3. The Morgan fingerprint density at radius 1 is 1.41 bits per heavy atom. The summed E-state index contributed by atoms with van der Waals surface area (Å²) in [5.41, 5.74) is -5.30. The number of halogens is 3. The average Bonchev–Trinajstić information content (AvgIpc) is 2.36. The van der Waals surface area contributed by atoms with Gasteiger partial charge in [0.05, 0.1) is 5.69 Å². The molecule has 0 aromatic heterocycles. The number of alkyl halides is 3. The van der Waals surface area contributed by atoms with E-state index in [1.54, 1.807) is 6.92 Å². The van der Waals surface area contributed by atoms with Crippen molar-refractivity contribution < 1.29 is 35.7 Å². The first-order chi connectivity index (χ1) is 10.0. The van der Waals surface area contributed by atoms with E-state index in [4.69, 9.17) is 0 Å². The summed E-state index contributed by atoms with van der Waals surface area (Å²) in [4.78, 5) is 12.2. The minimum Gasteiger partial charge on any atom is -0.465 e. The smallest absolute Gasteiger partial charge is 0.465 e. The zero-order valence-corrected chi connectivity index (χ0v) is 12.1. The van der Waals surface area contributed by atoms with Gasteiger partial charge in [-0.1, -0.05) is 6.07 Å². The molecular weight excluding hydrogens is 327 g/mol. The SMILES string of the molecule is C[C@H]1CCc2c(OS(=O)(=O)C(F)(F)F)cccc2N1C(=O)O. The van der Waals surface area contributed by atoms with Crippen molar-refractivity contribution in [1.29, 1.82) is 0 Å². The highest BCUT2D eigenvalue weighted by Gasteiger charge is 2.49. The Morgan fingerprint density at radius 3 is 2.59 bits per heavy atom. The number of hydrogen-bond acceptors (Lipinski definition) is 4. The van der Waals surface area contributed by atoms with Crippen molar-refractivity contribution in [2.75, 3.05) is 4.90 Å². The van der Waals surface area contributed by atoms with Crippen LogP contribution in [0.2, 0.25) is 0 Å². The van der Waals surface area contributed by atoms with Crippen molar-refractivity contribution in [3.63, 3.8) is 0 Å². The van der Waals surface area contributed by atoms with Crippen LogP contribution in [-0.2, 0) is 16.5 Å². The van der Waals surface area contributed by atoms with Crippen LogP contribution in [0.25, 0.3) is 0 Å². The van der Waals surface area contributed by atoms with Crippen LogP contribution < -0.4 is 9.08 Å². The second-order valence-electron chi connectivity index (χ2n) is 4.78. The predicted molar refractivity (Wildman–Crippen MR) is 70.3 cm³/mol. The zero-order chi connectivity index (χ0) is 16.7. The Balaban J connectivity index is 2.48. The van der Waals surface area contributed by atoms with Crippen LogP contribution in [0.4, 0.5) is 23.7 Å². The van der Waals surface area contributed by atoms with E-state index in [9.17, 15) is 31.5 Å². The maximum absolute atomic E-state index is 12.4. The van der Waals surface area contributed by atoms with Gasteiger partial charge < -0.3 is 9.29 Å². The quantitative estimate of drug-likeness (QED) is 0.662. The number of anilines is 1. The molecule has 1 N–H and O–H groups in total. The number of amides is 1. The molecule has 0 saturated carbocycles. The summed E-state index contributed by atoms with van der Waals surface area (Å²) >= 11 is 0. The molecule has 1 amide bonds. The van der Waals surface area contributed by atoms with E-state index in [1.807, 2.05) is 0 Å². The largest absolute Gasteiger partial charge is 0.534 e. The number of carboxylic acid groups (broad SMARTS) is 1. The lowest BCUT2D eigenvalue weighted by Crippen LogP contribution is -2.41. The molecule has 122 valence electrons. The molecule has 0 aliphatic carbocycles. The molecule has 0 bridgehead atoms. The van der Waals surface area contributed by atoms with Crippen LogP contribution in [0.1, 0.15) is 18.9 Å². The van der Waals surface area contributed by atoms with E-state index < -0.39 is 27.5 Å². The molecule has 0 saturated heterocycles. The molecule has 1 aromatic rings. The lowest BCUT2D eigenvalue weighted by atomic mass is 9.96. The van der Waals surface area contributed by atoms with Gasteiger partial charge in [-0.25, -0.2) is 4.79 Å². The van der Waals surface area contributed by atoms with Gasteiger partial charge in [-0.2, -0.15) is 21.6 Å². The third-order valence-electron chi connectivity index (χ3n) is 3.31. The summed E-state index contributed by atoms with van der Waals surface area (Å²) in [6.07, 6.45) is -0.723. The normalized spacial score (nSPS) is 18.7. The number of nitrogens with zero attached hydrogens (tertiary/aromatic N) is 1. The molecule has 2 rings (SSSR count). The van der Waals surface area contributed by atoms with Gasteiger partial charge in [0.25, 0.3) is 0 Å². The molecule has 1 aliphatic rings. The van der Waals surface area contributed by atoms with Crippen LogP contribution in [-0.4, -0.2) is 31.2 Å². The number of rotatable bonds is 2. The summed E-state index contributed by atoms with van der Waals surface area (Å²) in [5.74, 6) is -0.507. The van der Waals surface area contributed by atoms with Gasteiger partial charge in [0.1, 0.15) is 5.75 Å². The van der Waals surface area contributed by atoms with E-state index in [2.05, 4.69) is 4.18 Å². The number of hydrogen-bond donors (Lipinski definition) is 1. The first kappa shape index (κ1) is 16.4. The molecule has 1 aromatic carbocycles. The maximum atomic E-state index is 12.4. The summed E-state index contributed by atoms with van der Waals surface area (Å²) in [7, 11) is -5.80. The Kier molecular flexibility index (Phi) is 3.98. The van der Waals surface area contributed by atoms with Crippen molar-refractivity contribution in [1.82, 2.24) is 0 Å². The van der Waals surface area contributed by atoms with Gasteiger partial charge in [-0.15, -0.1) is 0 Å². The molecule has 6 nitrogen and oxygen atoms in total. The number of benzene rings is 1. The summed E-state index contributed by atoms with van der Waals surface area (Å²) < 4.78 is 63.6. The number of carbonyl (C=O) groups is 1. The molecule has 22 heavy (non-hydrogen) atoms. The molecule has 1 aliphatic heterocycles. The van der Waals surface area contributed by atoms with Crippen molar-refractivity contribution in [2.24, 2.45) is 0 Å². The van der Waals surface area contributed by atoms with Gasteiger partial charge in [0.2, 0.25) is 0 Å². The van der Waals surface area contributed by atoms with E-state index in [-0.39, 0.29) is 23.7 Å². The second-order valence-corrected chi connectivity index (χ2v) is 6.32. The molecule has 0 spiro atoms. The highest BCUT2D eigenvalue weighted by atomic mass is 32.2. The first-order valence-electron chi connectivity index (χ1n) is 6.19. The predicted octanol–water partition coefficient (Wildman–Crippen LogP) is 2.73. The molecule has 10 heteroatoms. The minimum absolute atomic E-state index is 0.121. The van der Waals surface area contributed by atoms with Gasteiger partial charge in [-0.3, -0.25) is 4.90 Å². The van der Waals surface area contributed by atoms with Crippen LogP contribution in [0, 0.1) is 0 Å². The molecule has 0 fully saturated rings. The van der Waals surface area contributed by atoms with Gasteiger partial charge in [-0.05, 0) is 31.9 Å². The van der Waals surface area contributed by atoms with Crippen LogP contribution >= 0.6 is 0 Å². The third kappa shape index (κ3) is 2.82. The molecule has 0 radical (unpaired) electrons. The fraction of sp³-hybridized carbons (Fsp3) is 0.417. The van der Waals surface area contributed by atoms with Crippen molar-refractivity contribution in [2.45, 2.75) is 31.3 Å². The lowest BCUT2D eigenvalue weighted by Gasteiger charge is -2.33. The van der Waals surface area contributed by atoms with Crippen LogP contribution in [0.3, 0.4) is 0 Å². The summed E-state index contributed by atoms with van der Waals surface area (Å²) in [5, 5.41) is 9.20. The molecule has 0 unspecified atom stereocenters. The summed E-state index contributed by atoms with van der Waals surface area (Å²) in [6.45, 7) is 1.65. The van der Waals surface area contributed by atoms with Crippen LogP contribution in [0.15, 0.2) is 18.2 Å². The van der Waals surface area contributed by atoms with Gasteiger partial charge >= 0.3 is 21.7 Å². The Labute approximate surface area is 124 Å². The second kappa shape index (κ2) is 5.34. The van der Waals surface area contributed by atoms with E-state index in [0.29, 0.717) is 6.42 Å². The fourth-order valence-electron chi connectivity index (χ4n) is 2.29. The van der Waals surface area contributed by atoms with Crippen molar-refractivity contribution >= 4 is 21.9 Å². The van der Waals surface area contributed by atoms with Crippen molar-refractivity contribution in [3.8, 4) is 5.75 Å². The molecule has 1 atom stereocenters. The monoisotopic (exact) mass is 339 g/mol. The highest BCUT2D eigenvalue weighted by Crippen LogP contribution is 2.38. The number of fused-ring (bicyclic) bond motifs is 1. The van der Waals surface area contributed by atoms with E-state index in [1.165, 1.54) is 12.1 Å². The maximum Gasteiger partial charge on any atom is 0.534 e. The fourth-order valence-corrected chi connectivity index (χ4v) is 2.77. The van der Waals surface area contributed by atoms with E-state index in [0.717, 1.165) is 11.0 Å². The highest BCUT2D eigenvalue weighted by molar-refractivity contribution is 7.88. The van der Waals surface area contributed by atoms with Gasteiger partial charge in [0, 0.05) is 11.6 Å².